The van der Waals surface area contributed by atoms with Crippen molar-refractivity contribution in [1.29, 1.82) is 0 Å². The van der Waals surface area contributed by atoms with E-state index in [0.29, 0.717) is 38.6 Å². The molecule has 1 amide bonds. The second-order valence-corrected chi connectivity index (χ2v) is 15.5. The molecule has 0 aliphatic heterocycles. The number of aliphatic carboxylic acids is 1. The smallest absolute Gasteiger partial charge is 0.326 e. The number of esters is 1. The molecule has 0 aromatic carbocycles. The molecule has 0 aliphatic carbocycles. The van der Waals surface area contributed by atoms with Gasteiger partial charge in [0.2, 0.25) is 5.91 Å². The van der Waals surface area contributed by atoms with E-state index < -0.39 is 12.0 Å². The minimum atomic E-state index is -1.01. The Morgan fingerprint density at radius 1 is 0.547 bits per heavy atom. The van der Waals surface area contributed by atoms with Gasteiger partial charge in [0.25, 0.3) is 0 Å². The maximum Gasteiger partial charge on any atom is 0.326 e. The summed E-state index contributed by atoms with van der Waals surface area (Å²) in [7, 11) is 0. The Labute approximate surface area is 327 Å². The lowest BCUT2D eigenvalue weighted by Gasteiger charge is -2.15. The quantitative estimate of drug-likeness (QED) is 0.0325. The predicted octanol–water partition coefficient (Wildman–Crippen LogP) is 12.8. The van der Waals surface area contributed by atoms with Crippen LogP contribution in [0.2, 0.25) is 0 Å². The molecule has 310 valence electrons. The molecule has 0 rings (SSSR count). The lowest BCUT2D eigenvalue weighted by atomic mass is 10.0. The number of carbonyl (C=O) groups excluding carboxylic acids is 2. The molecule has 4 N–H and O–H groups in total. The van der Waals surface area contributed by atoms with E-state index in [0.717, 1.165) is 44.9 Å². The Bertz CT molecular complexity index is 889. The maximum absolute atomic E-state index is 12.8. The van der Waals surface area contributed by atoms with Crippen LogP contribution in [0.1, 0.15) is 232 Å². The van der Waals surface area contributed by atoms with Gasteiger partial charge in [-0.1, -0.05) is 160 Å². The van der Waals surface area contributed by atoms with E-state index in [2.05, 4.69) is 43.5 Å². The Morgan fingerprint density at radius 3 is 1.47 bits per heavy atom. The molecule has 53 heavy (non-hydrogen) atoms. The van der Waals surface area contributed by atoms with Gasteiger partial charge < -0.3 is 20.9 Å². The van der Waals surface area contributed by atoms with Gasteiger partial charge in [-0.2, -0.15) is 0 Å². The summed E-state index contributed by atoms with van der Waals surface area (Å²) in [6.07, 6.45) is 46.7. The fraction of sp³-hybridized carbons (Fsp3) is 0.848. The van der Waals surface area contributed by atoms with Gasteiger partial charge in [0.1, 0.15) is 12.1 Å². The van der Waals surface area contributed by atoms with Crippen LogP contribution in [0.4, 0.5) is 0 Å². The van der Waals surface area contributed by atoms with Gasteiger partial charge in [-0.25, -0.2) is 4.79 Å². The van der Waals surface area contributed by atoms with Crippen LogP contribution >= 0.6 is 0 Å². The van der Waals surface area contributed by atoms with Crippen molar-refractivity contribution < 1.29 is 24.2 Å². The molecule has 0 bridgehead atoms. The summed E-state index contributed by atoms with van der Waals surface area (Å²) >= 11 is 0. The van der Waals surface area contributed by atoms with Crippen molar-refractivity contribution >= 4 is 17.8 Å². The van der Waals surface area contributed by atoms with E-state index in [1.807, 2.05) is 0 Å². The zero-order valence-electron chi connectivity index (χ0n) is 34.9. The SMILES string of the molecule is CCCCCCCC/C=C\CCCCCCCCCCCC(=O)OC(/C=C\CCCCCCCCC)CCCCCCC(=O)NC(CCCN)C(=O)O. The molecule has 0 aromatic rings. The van der Waals surface area contributed by atoms with Crippen molar-refractivity contribution in [2.75, 3.05) is 6.54 Å². The third kappa shape index (κ3) is 37.9. The van der Waals surface area contributed by atoms with Gasteiger partial charge in [0.15, 0.2) is 0 Å². The van der Waals surface area contributed by atoms with E-state index in [9.17, 15) is 19.5 Å². The number of nitrogens with one attached hydrogen (secondary N) is 1. The van der Waals surface area contributed by atoms with Crippen LogP contribution in [0, 0.1) is 0 Å². The fourth-order valence-electron chi connectivity index (χ4n) is 6.77. The molecule has 0 fully saturated rings. The van der Waals surface area contributed by atoms with Gasteiger partial charge in [-0.05, 0) is 89.7 Å². The first-order valence-electron chi connectivity index (χ1n) is 22.7. The average Bonchev–Trinajstić information content (AvgIpc) is 3.14. The van der Waals surface area contributed by atoms with Crippen molar-refractivity contribution in [3.63, 3.8) is 0 Å². The van der Waals surface area contributed by atoms with Gasteiger partial charge in [0.05, 0.1) is 0 Å². The van der Waals surface area contributed by atoms with E-state index in [-0.39, 0.29) is 18.0 Å². The van der Waals surface area contributed by atoms with Crippen LogP contribution in [-0.4, -0.2) is 41.6 Å². The molecule has 0 heterocycles. The Balaban J connectivity index is 4.21. The maximum atomic E-state index is 12.8. The molecule has 0 spiro atoms. The van der Waals surface area contributed by atoms with E-state index in [1.165, 1.54) is 141 Å². The molecule has 0 aliphatic rings. The molecule has 7 nitrogen and oxygen atoms in total. The van der Waals surface area contributed by atoms with Crippen molar-refractivity contribution in [1.82, 2.24) is 5.32 Å². The largest absolute Gasteiger partial charge is 0.480 e. The van der Waals surface area contributed by atoms with Crippen LogP contribution in [0.5, 0.6) is 0 Å². The minimum Gasteiger partial charge on any atom is -0.480 e. The summed E-state index contributed by atoms with van der Waals surface area (Å²) in [5.41, 5.74) is 5.49. The summed E-state index contributed by atoms with van der Waals surface area (Å²) in [5.74, 6) is -1.32. The van der Waals surface area contributed by atoms with Crippen LogP contribution in [0.3, 0.4) is 0 Å². The predicted molar refractivity (Wildman–Crippen MR) is 225 cm³/mol. The number of carbonyl (C=O) groups is 3. The molecule has 0 saturated heterocycles. The monoisotopic (exact) mass is 747 g/mol. The van der Waals surface area contributed by atoms with Crippen molar-refractivity contribution in [2.45, 2.75) is 244 Å². The minimum absolute atomic E-state index is 0.0871. The molecule has 0 saturated carbocycles. The number of carboxylic acid groups (broad SMARTS) is 1. The number of ether oxygens (including phenoxy) is 1. The molecule has 7 heteroatoms. The topological polar surface area (TPSA) is 119 Å². The van der Waals surface area contributed by atoms with Crippen molar-refractivity contribution in [2.24, 2.45) is 5.73 Å². The Morgan fingerprint density at radius 2 is 0.981 bits per heavy atom. The Hall–Kier alpha value is -2.15. The average molecular weight is 747 g/mol. The third-order valence-corrected chi connectivity index (χ3v) is 10.2. The zero-order chi connectivity index (χ0) is 38.9. The second kappa shape index (κ2) is 41.0. The highest BCUT2D eigenvalue weighted by Gasteiger charge is 2.19. The lowest BCUT2D eigenvalue weighted by Crippen LogP contribution is -2.40. The molecular formula is C46H86N2O5. The highest BCUT2D eigenvalue weighted by molar-refractivity contribution is 5.83. The first-order valence-corrected chi connectivity index (χ1v) is 22.7. The Kier molecular flexibility index (Phi) is 39.4. The van der Waals surface area contributed by atoms with Gasteiger partial charge in [-0.15, -0.1) is 0 Å². The van der Waals surface area contributed by atoms with Crippen LogP contribution in [0.25, 0.3) is 0 Å². The second-order valence-electron chi connectivity index (χ2n) is 15.5. The van der Waals surface area contributed by atoms with Crippen LogP contribution < -0.4 is 11.1 Å². The van der Waals surface area contributed by atoms with E-state index in [4.69, 9.17) is 10.5 Å². The number of rotatable bonds is 41. The normalized spacial score (nSPS) is 12.8. The van der Waals surface area contributed by atoms with Gasteiger partial charge >= 0.3 is 11.9 Å². The first kappa shape index (κ1) is 50.9. The summed E-state index contributed by atoms with van der Waals surface area (Å²) < 4.78 is 5.94. The van der Waals surface area contributed by atoms with Gasteiger partial charge in [0, 0.05) is 12.8 Å². The standard InChI is InChI=1S/C46H86N2O5/c1-3-5-7-9-11-13-14-15-16-17-18-19-20-21-22-24-26-28-34-40-45(50)53-42(36-31-27-25-23-12-10-8-6-4-2)37-32-29-30-33-39-44(49)48-43(46(51)52)38-35-41-47/h15-16,31,36,42-43H,3-14,17-30,32-35,37-41,47H2,1-2H3,(H,48,49)(H,51,52)/b16-15-,36-31-. The van der Waals surface area contributed by atoms with Crippen LogP contribution in [-0.2, 0) is 19.1 Å². The molecule has 0 aromatic heterocycles. The first-order chi connectivity index (χ1) is 25.9. The van der Waals surface area contributed by atoms with E-state index >= 15 is 0 Å². The molecular weight excluding hydrogens is 661 g/mol. The fourth-order valence-corrected chi connectivity index (χ4v) is 6.77. The molecule has 0 radical (unpaired) electrons. The highest BCUT2D eigenvalue weighted by Crippen LogP contribution is 2.16. The number of unbranched alkanes of at least 4 members (excludes halogenated alkanes) is 25. The summed E-state index contributed by atoms with van der Waals surface area (Å²) in [6.45, 7) is 4.93. The highest BCUT2D eigenvalue weighted by atomic mass is 16.5. The molecule has 2 unspecified atom stereocenters. The zero-order valence-corrected chi connectivity index (χ0v) is 34.9. The number of carboxylic acids is 1. The van der Waals surface area contributed by atoms with Crippen LogP contribution in [0.15, 0.2) is 24.3 Å². The van der Waals surface area contributed by atoms with E-state index in [1.54, 1.807) is 0 Å². The number of hydrogen-bond acceptors (Lipinski definition) is 5. The van der Waals surface area contributed by atoms with Crippen molar-refractivity contribution in [3.8, 4) is 0 Å². The van der Waals surface area contributed by atoms with Crippen molar-refractivity contribution in [3.05, 3.63) is 24.3 Å². The number of amides is 1. The lowest BCUT2D eigenvalue weighted by molar-refractivity contribution is -0.147. The summed E-state index contributed by atoms with van der Waals surface area (Å²) in [6, 6.07) is -0.869. The summed E-state index contributed by atoms with van der Waals surface area (Å²) in [4.78, 5) is 36.4. The number of allylic oxidation sites excluding steroid dienone is 3. The summed E-state index contributed by atoms with van der Waals surface area (Å²) in [5, 5.41) is 11.9. The third-order valence-electron chi connectivity index (χ3n) is 10.2. The number of hydrogen-bond donors (Lipinski definition) is 3. The number of nitrogens with two attached hydrogens (primary N) is 1. The molecule has 2 atom stereocenters. The van der Waals surface area contributed by atoms with Gasteiger partial charge in [-0.3, -0.25) is 9.59 Å².